The van der Waals surface area contributed by atoms with Crippen LogP contribution in [0.3, 0.4) is 0 Å². The Balaban J connectivity index is 1.52. The molecule has 4 rings (SSSR count). The molecule has 1 N–H and O–H groups in total. The number of carbonyl (C=O) groups excluding carboxylic acids is 2. The minimum atomic E-state index is -0.690. The average molecular weight is 388 g/mol. The van der Waals surface area contributed by atoms with E-state index in [-0.39, 0.29) is 11.8 Å². The number of nitrogens with zero attached hydrogens (tertiary/aromatic N) is 4. The Labute approximate surface area is 162 Å². The summed E-state index contributed by atoms with van der Waals surface area (Å²) in [6.07, 6.45) is 5.18. The molecule has 2 amide bonds. The molecular weight excluding hydrogens is 362 g/mol. The monoisotopic (exact) mass is 387 g/mol. The molecule has 8 heteroatoms. The smallest absolute Gasteiger partial charge is 0.263 e. The highest BCUT2D eigenvalue weighted by Crippen LogP contribution is 2.31. The number of thiophene rings is 1. The van der Waals surface area contributed by atoms with Gasteiger partial charge in [0.05, 0.1) is 4.88 Å². The van der Waals surface area contributed by atoms with Crippen molar-refractivity contribution in [2.24, 2.45) is 7.05 Å². The van der Waals surface area contributed by atoms with E-state index >= 15 is 0 Å². The third-order valence-corrected chi connectivity index (χ3v) is 6.38. The predicted molar refractivity (Wildman–Crippen MR) is 105 cm³/mol. The Morgan fingerprint density at radius 3 is 2.44 bits per heavy atom. The number of aromatic nitrogens is 2. The molecule has 4 heterocycles. The Morgan fingerprint density at radius 1 is 1.11 bits per heavy atom. The lowest BCUT2D eigenvalue weighted by Gasteiger charge is -2.42. The molecule has 0 aliphatic carbocycles. The van der Waals surface area contributed by atoms with Crippen LogP contribution < -0.4 is 5.32 Å². The highest BCUT2D eigenvalue weighted by Gasteiger charge is 2.45. The van der Waals surface area contributed by atoms with Crippen molar-refractivity contribution in [1.29, 1.82) is 0 Å². The van der Waals surface area contributed by atoms with Crippen LogP contribution in [0.1, 0.15) is 35.4 Å². The highest BCUT2D eigenvalue weighted by atomic mass is 32.1. The molecule has 0 unspecified atom stereocenters. The Morgan fingerprint density at radius 2 is 1.85 bits per heavy atom. The van der Waals surface area contributed by atoms with Gasteiger partial charge in [-0.05, 0) is 37.1 Å². The van der Waals surface area contributed by atoms with Gasteiger partial charge in [0.15, 0.2) is 0 Å². The van der Waals surface area contributed by atoms with Crippen LogP contribution in [-0.2, 0) is 11.8 Å². The van der Waals surface area contributed by atoms with Gasteiger partial charge in [0.2, 0.25) is 5.91 Å². The molecule has 7 nitrogen and oxygen atoms in total. The van der Waals surface area contributed by atoms with E-state index < -0.39 is 5.54 Å². The van der Waals surface area contributed by atoms with E-state index in [9.17, 15) is 9.59 Å². The maximum Gasteiger partial charge on any atom is 0.263 e. The number of aryl methyl sites for hydroxylation is 1. The van der Waals surface area contributed by atoms with Crippen LogP contribution in [0.15, 0.2) is 29.8 Å². The minimum Gasteiger partial charge on any atom is -0.354 e. The van der Waals surface area contributed by atoms with Gasteiger partial charge in [0, 0.05) is 45.5 Å². The van der Waals surface area contributed by atoms with Gasteiger partial charge in [-0.25, -0.2) is 0 Å². The maximum absolute atomic E-state index is 13.4. The quantitative estimate of drug-likeness (QED) is 0.873. The van der Waals surface area contributed by atoms with Crippen molar-refractivity contribution in [3.63, 3.8) is 0 Å². The van der Waals surface area contributed by atoms with Crippen molar-refractivity contribution < 1.29 is 9.59 Å². The number of nitrogens with one attached hydrogen (secondary N) is 1. The molecule has 0 radical (unpaired) electrons. The van der Waals surface area contributed by atoms with Crippen LogP contribution in [0.2, 0.25) is 0 Å². The molecule has 144 valence electrons. The van der Waals surface area contributed by atoms with E-state index in [1.54, 1.807) is 4.68 Å². The first-order valence-electron chi connectivity index (χ1n) is 9.47. The third kappa shape index (κ3) is 3.58. The number of hydrogen-bond donors (Lipinski definition) is 1. The molecule has 2 aromatic heterocycles. The number of hydrogen-bond acceptors (Lipinski definition) is 5. The van der Waals surface area contributed by atoms with Crippen molar-refractivity contribution in [2.75, 3.05) is 31.5 Å². The molecule has 0 bridgehead atoms. The molecule has 0 aromatic carbocycles. The normalized spacial score (nSPS) is 19.3. The van der Waals surface area contributed by atoms with E-state index in [1.165, 1.54) is 11.3 Å². The van der Waals surface area contributed by atoms with E-state index in [0.717, 1.165) is 30.8 Å². The first-order valence-corrected chi connectivity index (χ1v) is 10.4. The second kappa shape index (κ2) is 7.34. The molecule has 0 atom stereocenters. The van der Waals surface area contributed by atoms with Crippen molar-refractivity contribution in [1.82, 2.24) is 19.6 Å². The summed E-state index contributed by atoms with van der Waals surface area (Å²) in [7, 11) is 1.86. The molecule has 2 saturated heterocycles. The fourth-order valence-corrected chi connectivity index (χ4v) is 4.68. The van der Waals surface area contributed by atoms with E-state index in [1.807, 2.05) is 46.6 Å². The molecule has 0 saturated carbocycles. The lowest BCUT2D eigenvalue weighted by atomic mass is 9.85. The summed E-state index contributed by atoms with van der Waals surface area (Å²) < 4.78 is 1.73. The summed E-state index contributed by atoms with van der Waals surface area (Å²) in [5.74, 6) is 0.919. The van der Waals surface area contributed by atoms with E-state index in [2.05, 4.69) is 10.4 Å². The van der Waals surface area contributed by atoms with Crippen LogP contribution in [0.5, 0.6) is 0 Å². The maximum atomic E-state index is 13.4. The second-order valence-corrected chi connectivity index (χ2v) is 8.30. The lowest BCUT2D eigenvalue weighted by molar-refractivity contribution is -0.136. The SMILES string of the molecule is Cn1ccc(NC2(C(=O)N3CCCC3)CCN(C(=O)c3cccs3)CC2)n1. The largest absolute Gasteiger partial charge is 0.354 e. The van der Waals surface area contributed by atoms with Crippen LogP contribution in [0, 0.1) is 0 Å². The van der Waals surface area contributed by atoms with Crippen LogP contribution in [0.25, 0.3) is 0 Å². The summed E-state index contributed by atoms with van der Waals surface area (Å²) in [4.78, 5) is 30.6. The van der Waals surface area contributed by atoms with Gasteiger partial charge in [0.1, 0.15) is 11.4 Å². The Hall–Kier alpha value is -2.35. The highest BCUT2D eigenvalue weighted by molar-refractivity contribution is 7.12. The molecule has 2 aromatic rings. The summed E-state index contributed by atoms with van der Waals surface area (Å²) in [5.41, 5.74) is -0.690. The molecule has 2 aliphatic rings. The van der Waals surface area contributed by atoms with Gasteiger partial charge in [-0.2, -0.15) is 5.10 Å². The number of amides is 2. The number of piperidine rings is 1. The van der Waals surface area contributed by atoms with Crippen molar-refractivity contribution >= 4 is 29.0 Å². The molecule has 2 fully saturated rings. The summed E-state index contributed by atoms with van der Waals surface area (Å²) in [6, 6.07) is 5.64. The van der Waals surface area contributed by atoms with Crippen LogP contribution >= 0.6 is 11.3 Å². The fourth-order valence-electron chi connectivity index (χ4n) is 3.99. The third-order valence-electron chi connectivity index (χ3n) is 5.52. The molecule has 0 spiro atoms. The lowest BCUT2D eigenvalue weighted by Crippen LogP contribution is -2.59. The van der Waals surface area contributed by atoms with Crippen LogP contribution in [0.4, 0.5) is 5.82 Å². The zero-order chi connectivity index (χ0) is 18.9. The summed E-state index contributed by atoms with van der Waals surface area (Å²) in [6.45, 7) is 2.77. The Bertz CT molecular complexity index is 802. The Kier molecular flexibility index (Phi) is 4.90. The zero-order valence-corrected chi connectivity index (χ0v) is 16.4. The topological polar surface area (TPSA) is 70.5 Å². The number of anilines is 1. The number of carbonyl (C=O) groups is 2. The van der Waals surface area contributed by atoms with Gasteiger partial charge in [0.25, 0.3) is 5.91 Å². The number of likely N-dealkylation sites (tertiary alicyclic amines) is 2. The number of rotatable bonds is 4. The minimum absolute atomic E-state index is 0.0602. The van der Waals surface area contributed by atoms with Crippen molar-refractivity contribution in [3.8, 4) is 0 Å². The van der Waals surface area contributed by atoms with Gasteiger partial charge in [-0.15, -0.1) is 11.3 Å². The van der Waals surface area contributed by atoms with Crippen molar-refractivity contribution in [2.45, 2.75) is 31.2 Å². The van der Waals surface area contributed by atoms with Crippen LogP contribution in [-0.4, -0.2) is 63.1 Å². The average Bonchev–Trinajstić information content (AvgIpc) is 3.44. The fraction of sp³-hybridized carbons (Fsp3) is 0.526. The van der Waals surface area contributed by atoms with Gasteiger partial charge in [-0.1, -0.05) is 6.07 Å². The molecular formula is C19H25N5O2S. The van der Waals surface area contributed by atoms with Gasteiger partial charge >= 0.3 is 0 Å². The van der Waals surface area contributed by atoms with Crippen molar-refractivity contribution in [3.05, 3.63) is 34.7 Å². The van der Waals surface area contributed by atoms with E-state index in [4.69, 9.17) is 0 Å². The predicted octanol–water partition coefficient (Wildman–Crippen LogP) is 2.19. The first kappa shape index (κ1) is 18.0. The summed E-state index contributed by atoms with van der Waals surface area (Å²) >= 11 is 1.46. The first-order chi connectivity index (χ1) is 13.1. The van der Waals surface area contributed by atoms with E-state index in [0.29, 0.717) is 31.7 Å². The molecule has 27 heavy (non-hydrogen) atoms. The van der Waals surface area contributed by atoms with Gasteiger partial charge < -0.3 is 15.1 Å². The second-order valence-electron chi connectivity index (χ2n) is 7.35. The zero-order valence-electron chi connectivity index (χ0n) is 15.6. The standard InChI is InChI=1S/C19H25N5O2S/c1-22-11-6-16(21-22)20-19(18(26)24-9-2-3-10-24)7-12-23(13-8-19)17(25)15-5-4-14-27-15/h4-6,11,14H,2-3,7-10,12-13H2,1H3,(H,20,21). The molecule has 2 aliphatic heterocycles. The van der Waals surface area contributed by atoms with Gasteiger partial charge in [-0.3, -0.25) is 14.3 Å². The summed E-state index contributed by atoms with van der Waals surface area (Å²) in [5, 5.41) is 9.75.